The number of carbonyl (C=O) groups is 1. The molecule has 1 heterocycles. The molecule has 1 rings (SSSR count). The third kappa shape index (κ3) is 4.97. The van der Waals surface area contributed by atoms with E-state index in [9.17, 15) is 39.9 Å². The van der Waals surface area contributed by atoms with Gasteiger partial charge in [-0.25, -0.2) is 0 Å². The number of carbonyl (C=O) groups excluding carboxylic acids is 1. The minimum atomic E-state index is -6.00. The van der Waals surface area contributed by atoms with Crippen molar-refractivity contribution in [3.05, 3.63) is 0 Å². The van der Waals surface area contributed by atoms with E-state index >= 15 is 0 Å². The average molecular weight is 328 g/mol. The zero-order valence-corrected chi connectivity index (χ0v) is 10.5. The van der Waals surface area contributed by atoms with E-state index in [4.69, 9.17) is 0 Å². The van der Waals surface area contributed by atoms with Crippen molar-refractivity contribution in [3.63, 3.8) is 0 Å². The van der Waals surface area contributed by atoms with Gasteiger partial charge >= 0.3 is 18.3 Å². The Kier molecular flexibility index (Phi) is 5.06. The molecular formula is C10H12F8N2O. The molecule has 0 saturated carbocycles. The number of hydrogen-bond acceptors (Lipinski definition) is 2. The van der Waals surface area contributed by atoms with Crippen LogP contribution in [0.2, 0.25) is 0 Å². The highest BCUT2D eigenvalue weighted by atomic mass is 19.4. The van der Waals surface area contributed by atoms with Gasteiger partial charge in [-0.3, -0.25) is 9.69 Å². The molecule has 1 atom stereocenters. The van der Waals surface area contributed by atoms with Crippen molar-refractivity contribution in [1.29, 1.82) is 0 Å². The van der Waals surface area contributed by atoms with Crippen molar-refractivity contribution in [2.75, 3.05) is 26.2 Å². The number of hydrogen-bond donors (Lipinski definition) is 1. The summed E-state index contributed by atoms with van der Waals surface area (Å²) in [6.45, 7) is -1.80. The summed E-state index contributed by atoms with van der Waals surface area (Å²) in [5.41, 5.74) is 0. The number of likely N-dealkylation sites (tertiary alicyclic amines) is 1. The average Bonchev–Trinajstić information content (AvgIpc) is 2.69. The van der Waals surface area contributed by atoms with Gasteiger partial charge in [0.2, 0.25) is 0 Å². The summed E-state index contributed by atoms with van der Waals surface area (Å²) in [7, 11) is 0. The smallest absolute Gasteiger partial charge is 0.350 e. The van der Waals surface area contributed by atoms with Crippen LogP contribution in [0.3, 0.4) is 0 Å². The molecule has 1 N–H and O–H groups in total. The Labute approximate surface area is 114 Å². The minimum absolute atomic E-state index is 0.0374. The highest BCUT2D eigenvalue weighted by Crippen LogP contribution is 2.35. The van der Waals surface area contributed by atoms with Gasteiger partial charge in [0.1, 0.15) is 0 Å². The molecule has 21 heavy (non-hydrogen) atoms. The van der Waals surface area contributed by atoms with Crippen LogP contribution in [0.25, 0.3) is 0 Å². The summed E-state index contributed by atoms with van der Waals surface area (Å²) < 4.78 is 97.2. The minimum Gasteiger partial charge on any atom is -0.350 e. The molecule has 1 amide bonds. The van der Waals surface area contributed by atoms with Crippen LogP contribution in [-0.4, -0.2) is 55.3 Å². The van der Waals surface area contributed by atoms with E-state index in [1.54, 1.807) is 0 Å². The lowest BCUT2D eigenvalue weighted by Crippen LogP contribution is -2.51. The quantitative estimate of drug-likeness (QED) is 0.803. The molecule has 11 heteroatoms. The fourth-order valence-electron chi connectivity index (χ4n) is 1.95. The molecule has 1 fully saturated rings. The van der Waals surface area contributed by atoms with Gasteiger partial charge < -0.3 is 5.32 Å². The first-order chi connectivity index (χ1) is 9.33. The number of nitrogens with zero attached hydrogens (tertiary/aromatic N) is 1. The maximum absolute atomic E-state index is 12.6. The topological polar surface area (TPSA) is 32.3 Å². The summed E-state index contributed by atoms with van der Waals surface area (Å²) in [5, 5.41) is 1.44. The van der Waals surface area contributed by atoms with Crippen LogP contribution < -0.4 is 5.32 Å². The van der Waals surface area contributed by atoms with E-state index in [1.807, 2.05) is 0 Å². The lowest BCUT2D eigenvalue weighted by Gasteiger charge is -2.20. The highest BCUT2D eigenvalue weighted by molar-refractivity contribution is 5.84. The maximum atomic E-state index is 12.6. The predicted molar refractivity (Wildman–Crippen MR) is 54.6 cm³/mol. The van der Waals surface area contributed by atoms with Gasteiger partial charge in [0, 0.05) is 13.1 Å². The fraction of sp³-hybridized carbons (Fsp3) is 0.900. The first-order valence-corrected chi connectivity index (χ1v) is 5.85. The number of amides is 1. The van der Waals surface area contributed by atoms with E-state index in [-0.39, 0.29) is 19.5 Å². The molecule has 1 unspecified atom stereocenters. The van der Waals surface area contributed by atoms with Crippen LogP contribution in [0.4, 0.5) is 35.1 Å². The molecule has 0 aromatic carbocycles. The monoisotopic (exact) mass is 328 g/mol. The molecule has 0 spiro atoms. The SMILES string of the molecule is O=C(NCC1CCN(CC(F)(F)F)C1)C(F)(F)C(F)(F)F. The van der Waals surface area contributed by atoms with E-state index in [2.05, 4.69) is 0 Å². The number of nitrogens with one attached hydrogen (secondary N) is 1. The molecule has 0 radical (unpaired) electrons. The molecule has 3 nitrogen and oxygen atoms in total. The van der Waals surface area contributed by atoms with Gasteiger partial charge in [0.15, 0.2) is 0 Å². The molecule has 1 aliphatic heterocycles. The first kappa shape index (κ1) is 17.9. The molecule has 1 aliphatic rings. The Morgan fingerprint density at radius 2 is 1.67 bits per heavy atom. The Hall–Kier alpha value is -1.13. The third-order valence-corrected chi connectivity index (χ3v) is 2.97. The number of halogens is 8. The maximum Gasteiger partial charge on any atom is 0.463 e. The van der Waals surface area contributed by atoms with Crippen molar-refractivity contribution in [2.45, 2.75) is 24.7 Å². The van der Waals surface area contributed by atoms with Crippen molar-refractivity contribution in [2.24, 2.45) is 5.92 Å². The fourth-order valence-corrected chi connectivity index (χ4v) is 1.95. The zero-order chi connectivity index (χ0) is 16.5. The van der Waals surface area contributed by atoms with Crippen LogP contribution >= 0.6 is 0 Å². The second kappa shape index (κ2) is 5.93. The van der Waals surface area contributed by atoms with Crippen molar-refractivity contribution in [1.82, 2.24) is 10.2 Å². The standard InChI is InChI=1S/C10H12F8N2O/c11-8(12,13)5-20-2-1-6(4-20)3-19-7(21)9(14,15)10(16,17)18/h6H,1-5H2,(H,19,21). The molecular weight excluding hydrogens is 316 g/mol. The van der Waals surface area contributed by atoms with Crippen molar-refractivity contribution < 1.29 is 39.9 Å². The molecule has 1 saturated heterocycles. The van der Waals surface area contributed by atoms with Crippen LogP contribution in [-0.2, 0) is 4.79 Å². The lowest BCUT2D eigenvalue weighted by molar-refractivity contribution is -0.269. The first-order valence-electron chi connectivity index (χ1n) is 5.85. The normalized spacial score (nSPS) is 21.6. The Morgan fingerprint density at radius 3 is 2.14 bits per heavy atom. The van der Waals surface area contributed by atoms with Gasteiger partial charge in [-0.2, -0.15) is 35.1 Å². The molecule has 0 aromatic rings. The van der Waals surface area contributed by atoms with Gasteiger partial charge in [-0.05, 0) is 18.9 Å². The lowest BCUT2D eigenvalue weighted by atomic mass is 10.1. The second-order valence-electron chi connectivity index (χ2n) is 4.79. The van der Waals surface area contributed by atoms with Gasteiger partial charge in [-0.1, -0.05) is 0 Å². The summed E-state index contributed by atoms with van der Waals surface area (Å²) >= 11 is 0. The molecule has 124 valence electrons. The number of rotatable bonds is 4. The largest absolute Gasteiger partial charge is 0.463 e. The Bertz CT molecular complexity index is 378. The summed E-state index contributed by atoms with van der Waals surface area (Å²) in [6, 6.07) is 0. The van der Waals surface area contributed by atoms with E-state index in [0.29, 0.717) is 0 Å². The Morgan fingerprint density at radius 1 is 1.10 bits per heavy atom. The Balaban J connectivity index is 2.42. The third-order valence-electron chi connectivity index (χ3n) is 2.97. The zero-order valence-electron chi connectivity index (χ0n) is 10.5. The summed E-state index contributed by atoms with van der Waals surface area (Å²) in [6.07, 6.45) is -10.2. The molecule has 0 bridgehead atoms. The molecule has 0 aliphatic carbocycles. The van der Waals surface area contributed by atoms with E-state index in [0.717, 1.165) is 4.90 Å². The van der Waals surface area contributed by atoms with Crippen LogP contribution in [0, 0.1) is 5.92 Å². The predicted octanol–water partition coefficient (Wildman–Crippen LogP) is 2.18. The van der Waals surface area contributed by atoms with Gasteiger partial charge in [0.05, 0.1) is 6.54 Å². The second-order valence-corrected chi connectivity index (χ2v) is 4.79. The van der Waals surface area contributed by atoms with Crippen LogP contribution in [0.1, 0.15) is 6.42 Å². The van der Waals surface area contributed by atoms with Crippen LogP contribution in [0.5, 0.6) is 0 Å². The highest BCUT2D eigenvalue weighted by Gasteiger charge is 2.63. The molecule has 0 aromatic heterocycles. The number of alkyl halides is 8. The van der Waals surface area contributed by atoms with Gasteiger partial charge in [0.25, 0.3) is 5.91 Å². The van der Waals surface area contributed by atoms with E-state index < -0.39 is 43.2 Å². The van der Waals surface area contributed by atoms with Crippen molar-refractivity contribution in [3.8, 4) is 0 Å². The van der Waals surface area contributed by atoms with Gasteiger partial charge in [-0.15, -0.1) is 0 Å². The summed E-state index contributed by atoms with van der Waals surface area (Å²) in [5.74, 6) is -8.61. The summed E-state index contributed by atoms with van der Waals surface area (Å²) in [4.78, 5) is 11.8. The van der Waals surface area contributed by atoms with Crippen molar-refractivity contribution >= 4 is 5.91 Å². The van der Waals surface area contributed by atoms with Crippen LogP contribution in [0.15, 0.2) is 0 Å². The van der Waals surface area contributed by atoms with E-state index in [1.165, 1.54) is 5.32 Å².